The highest BCUT2D eigenvalue weighted by atomic mass is 15.0. The maximum atomic E-state index is 4.60. The second-order valence-corrected chi connectivity index (χ2v) is 6.11. The van der Waals surface area contributed by atoms with Crippen molar-refractivity contribution in [3.05, 3.63) is 23.4 Å². The molecule has 0 amide bonds. The van der Waals surface area contributed by atoms with Gasteiger partial charge in [0.25, 0.3) is 0 Å². The lowest BCUT2D eigenvalue weighted by atomic mass is 10.1. The van der Waals surface area contributed by atoms with Crippen LogP contribution in [0.15, 0.2) is 12.1 Å². The summed E-state index contributed by atoms with van der Waals surface area (Å²) in [5.74, 6) is 0.982. The molecule has 0 unspecified atom stereocenters. The Labute approximate surface area is 111 Å². The molecular formula is C15H27N3. The summed E-state index contributed by atoms with van der Waals surface area (Å²) in [4.78, 5) is 4.60. The molecule has 3 nitrogen and oxygen atoms in total. The van der Waals surface area contributed by atoms with Crippen LogP contribution in [0.1, 0.15) is 52.8 Å². The third-order valence-corrected chi connectivity index (χ3v) is 2.56. The summed E-state index contributed by atoms with van der Waals surface area (Å²) in [5, 5.41) is 6.89. The van der Waals surface area contributed by atoms with Gasteiger partial charge in [-0.1, -0.05) is 6.92 Å². The maximum Gasteiger partial charge on any atom is 0.126 e. The van der Waals surface area contributed by atoms with E-state index in [1.165, 1.54) is 5.56 Å². The van der Waals surface area contributed by atoms with E-state index in [1.54, 1.807) is 0 Å². The standard InChI is InChI=1S/C15H27N3/c1-7-13-8-12(10-16-15(4,5)6)9-14(18-13)17-11(2)3/h8-9,11,16H,7,10H2,1-6H3,(H,17,18). The van der Waals surface area contributed by atoms with Gasteiger partial charge in [-0.15, -0.1) is 0 Å². The van der Waals surface area contributed by atoms with Gasteiger partial charge in [0.15, 0.2) is 0 Å². The molecule has 0 saturated heterocycles. The Morgan fingerprint density at radius 3 is 2.39 bits per heavy atom. The summed E-state index contributed by atoms with van der Waals surface area (Å²) in [6, 6.07) is 4.73. The number of nitrogens with one attached hydrogen (secondary N) is 2. The van der Waals surface area contributed by atoms with Gasteiger partial charge in [0.1, 0.15) is 5.82 Å². The number of anilines is 1. The average molecular weight is 249 g/mol. The van der Waals surface area contributed by atoms with Crippen molar-refractivity contribution in [3.8, 4) is 0 Å². The van der Waals surface area contributed by atoms with Gasteiger partial charge in [-0.2, -0.15) is 0 Å². The van der Waals surface area contributed by atoms with Gasteiger partial charge in [0.2, 0.25) is 0 Å². The van der Waals surface area contributed by atoms with Crippen LogP contribution in [0.25, 0.3) is 0 Å². The zero-order valence-corrected chi connectivity index (χ0v) is 12.6. The molecule has 102 valence electrons. The second-order valence-electron chi connectivity index (χ2n) is 6.11. The van der Waals surface area contributed by atoms with Crippen LogP contribution in [0.5, 0.6) is 0 Å². The molecule has 0 aliphatic carbocycles. The number of aryl methyl sites for hydroxylation is 1. The molecular weight excluding hydrogens is 222 g/mol. The summed E-state index contributed by atoms with van der Waals surface area (Å²) < 4.78 is 0. The van der Waals surface area contributed by atoms with Gasteiger partial charge >= 0.3 is 0 Å². The van der Waals surface area contributed by atoms with E-state index in [2.05, 4.69) is 69.3 Å². The van der Waals surface area contributed by atoms with E-state index in [0.717, 1.165) is 24.5 Å². The first-order chi connectivity index (χ1) is 8.30. The molecule has 1 aromatic rings. The Hall–Kier alpha value is -1.09. The fourth-order valence-corrected chi connectivity index (χ4v) is 1.67. The van der Waals surface area contributed by atoms with E-state index in [1.807, 2.05) is 0 Å². The summed E-state index contributed by atoms with van der Waals surface area (Å²) in [7, 11) is 0. The fourth-order valence-electron chi connectivity index (χ4n) is 1.67. The number of hydrogen-bond acceptors (Lipinski definition) is 3. The van der Waals surface area contributed by atoms with Crippen LogP contribution >= 0.6 is 0 Å². The molecule has 1 rings (SSSR count). The van der Waals surface area contributed by atoms with Crippen LogP contribution in [0.2, 0.25) is 0 Å². The van der Waals surface area contributed by atoms with Crippen LogP contribution in [0.3, 0.4) is 0 Å². The van der Waals surface area contributed by atoms with E-state index in [-0.39, 0.29) is 5.54 Å². The normalized spacial score (nSPS) is 11.9. The smallest absolute Gasteiger partial charge is 0.126 e. The number of hydrogen-bond donors (Lipinski definition) is 2. The minimum absolute atomic E-state index is 0.140. The van der Waals surface area contributed by atoms with Crippen LogP contribution in [-0.4, -0.2) is 16.6 Å². The molecule has 2 N–H and O–H groups in total. The first-order valence-corrected chi connectivity index (χ1v) is 6.81. The van der Waals surface area contributed by atoms with E-state index >= 15 is 0 Å². The van der Waals surface area contributed by atoms with Crippen molar-refractivity contribution in [1.29, 1.82) is 0 Å². The first-order valence-electron chi connectivity index (χ1n) is 6.81. The quantitative estimate of drug-likeness (QED) is 0.840. The minimum Gasteiger partial charge on any atom is -0.368 e. The molecule has 0 bridgehead atoms. The van der Waals surface area contributed by atoms with E-state index in [0.29, 0.717) is 6.04 Å². The van der Waals surface area contributed by atoms with Crippen LogP contribution in [0, 0.1) is 0 Å². The van der Waals surface area contributed by atoms with Crippen LogP contribution in [-0.2, 0) is 13.0 Å². The molecule has 0 spiro atoms. The van der Waals surface area contributed by atoms with Crippen molar-refractivity contribution in [3.63, 3.8) is 0 Å². The molecule has 0 radical (unpaired) electrons. The fraction of sp³-hybridized carbons (Fsp3) is 0.667. The summed E-state index contributed by atoms with van der Waals surface area (Å²) in [5.41, 5.74) is 2.58. The Morgan fingerprint density at radius 1 is 1.22 bits per heavy atom. The first kappa shape index (κ1) is 15.0. The largest absolute Gasteiger partial charge is 0.368 e. The molecule has 0 atom stereocenters. The minimum atomic E-state index is 0.140. The number of nitrogens with zero attached hydrogens (tertiary/aromatic N) is 1. The summed E-state index contributed by atoms with van der Waals surface area (Å²) >= 11 is 0. The predicted molar refractivity (Wildman–Crippen MR) is 79.0 cm³/mol. The topological polar surface area (TPSA) is 37.0 Å². The number of pyridine rings is 1. The highest BCUT2D eigenvalue weighted by Gasteiger charge is 2.09. The summed E-state index contributed by atoms with van der Waals surface area (Å²) in [6.45, 7) is 13.8. The van der Waals surface area contributed by atoms with Crippen LogP contribution < -0.4 is 10.6 Å². The third kappa shape index (κ3) is 5.50. The Morgan fingerprint density at radius 2 is 1.89 bits per heavy atom. The monoisotopic (exact) mass is 249 g/mol. The highest BCUT2D eigenvalue weighted by Crippen LogP contribution is 2.13. The van der Waals surface area contributed by atoms with Gasteiger partial charge in [0, 0.05) is 23.8 Å². The van der Waals surface area contributed by atoms with E-state index in [4.69, 9.17) is 0 Å². The van der Waals surface area contributed by atoms with Gasteiger partial charge in [-0.25, -0.2) is 4.98 Å². The Bertz CT molecular complexity index is 378. The number of rotatable bonds is 5. The second kappa shape index (κ2) is 6.19. The Kier molecular flexibility index (Phi) is 5.15. The molecule has 1 heterocycles. The van der Waals surface area contributed by atoms with Crippen molar-refractivity contribution < 1.29 is 0 Å². The van der Waals surface area contributed by atoms with Gasteiger partial charge in [-0.05, 0) is 58.7 Å². The highest BCUT2D eigenvalue weighted by molar-refractivity contribution is 5.40. The molecule has 0 aromatic carbocycles. The molecule has 1 aromatic heterocycles. The lowest BCUT2D eigenvalue weighted by Crippen LogP contribution is -2.35. The average Bonchev–Trinajstić information content (AvgIpc) is 2.24. The number of aromatic nitrogens is 1. The SMILES string of the molecule is CCc1cc(CNC(C)(C)C)cc(NC(C)C)n1. The van der Waals surface area contributed by atoms with Crippen LogP contribution in [0.4, 0.5) is 5.82 Å². The molecule has 0 fully saturated rings. The van der Waals surface area contributed by atoms with Gasteiger partial charge in [0.05, 0.1) is 0 Å². The van der Waals surface area contributed by atoms with Gasteiger partial charge < -0.3 is 10.6 Å². The van der Waals surface area contributed by atoms with E-state index in [9.17, 15) is 0 Å². The summed E-state index contributed by atoms with van der Waals surface area (Å²) in [6.07, 6.45) is 0.968. The van der Waals surface area contributed by atoms with Gasteiger partial charge in [-0.3, -0.25) is 0 Å². The lowest BCUT2D eigenvalue weighted by molar-refractivity contribution is 0.424. The molecule has 0 aliphatic heterocycles. The predicted octanol–water partition coefficient (Wildman–Crippen LogP) is 3.35. The van der Waals surface area contributed by atoms with Crippen molar-refractivity contribution in [2.45, 2.75) is 66.1 Å². The van der Waals surface area contributed by atoms with Crippen molar-refractivity contribution in [1.82, 2.24) is 10.3 Å². The molecule has 18 heavy (non-hydrogen) atoms. The molecule has 3 heteroatoms. The van der Waals surface area contributed by atoms with Crippen molar-refractivity contribution >= 4 is 5.82 Å². The zero-order valence-electron chi connectivity index (χ0n) is 12.6. The van der Waals surface area contributed by atoms with E-state index < -0.39 is 0 Å². The lowest BCUT2D eigenvalue weighted by Gasteiger charge is -2.21. The zero-order chi connectivity index (χ0) is 13.8. The van der Waals surface area contributed by atoms with Crippen molar-refractivity contribution in [2.24, 2.45) is 0 Å². The maximum absolute atomic E-state index is 4.60. The van der Waals surface area contributed by atoms with Crippen molar-refractivity contribution in [2.75, 3.05) is 5.32 Å². The molecule has 0 saturated carbocycles. The Balaban J connectivity index is 2.83. The molecule has 0 aliphatic rings. The third-order valence-electron chi connectivity index (χ3n) is 2.56.